The summed E-state index contributed by atoms with van der Waals surface area (Å²) in [5, 5.41) is 3.30. The van der Waals surface area contributed by atoms with Crippen LogP contribution >= 0.6 is 11.6 Å². The summed E-state index contributed by atoms with van der Waals surface area (Å²) in [6.45, 7) is 2.52. The Kier molecular flexibility index (Phi) is 4.35. The normalized spacial score (nSPS) is 12.9. The van der Waals surface area contributed by atoms with Crippen molar-refractivity contribution in [1.82, 2.24) is 0 Å². The van der Waals surface area contributed by atoms with Gasteiger partial charge in [-0.05, 0) is 42.7 Å². The number of halogens is 1. The van der Waals surface area contributed by atoms with Gasteiger partial charge in [0.2, 0.25) is 11.8 Å². The lowest BCUT2D eigenvalue weighted by Crippen LogP contribution is -2.32. The van der Waals surface area contributed by atoms with E-state index in [0.717, 1.165) is 23.2 Å². The molecular weight excluding hydrogens is 312 g/mol. The van der Waals surface area contributed by atoms with Gasteiger partial charge in [0.15, 0.2) is 0 Å². The third-order valence-electron chi connectivity index (χ3n) is 3.96. The molecule has 0 radical (unpaired) electrons. The number of benzene rings is 2. The number of carbonyl (C=O) groups excluding carboxylic acids is 2. The van der Waals surface area contributed by atoms with Crippen LogP contribution in [0.15, 0.2) is 42.5 Å². The predicted molar refractivity (Wildman–Crippen MR) is 91.9 cm³/mol. The van der Waals surface area contributed by atoms with Gasteiger partial charge in [-0.15, -0.1) is 0 Å². The summed E-state index contributed by atoms with van der Waals surface area (Å²) in [5.74, 6) is -0.523. The minimum absolute atomic E-state index is 0.181. The van der Waals surface area contributed by atoms with E-state index in [0.29, 0.717) is 17.3 Å². The molecule has 0 unspecified atom stereocenters. The molecule has 0 saturated carbocycles. The number of fused-ring (bicyclic) bond motifs is 1. The van der Waals surface area contributed by atoms with Crippen LogP contribution in [0.4, 0.5) is 11.4 Å². The van der Waals surface area contributed by atoms with Crippen LogP contribution < -0.4 is 10.2 Å². The Morgan fingerprint density at radius 1 is 1.22 bits per heavy atom. The molecule has 3 rings (SSSR count). The first-order chi connectivity index (χ1) is 11.0. The van der Waals surface area contributed by atoms with Gasteiger partial charge in [-0.1, -0.05) is 35.9 Å². The van der Waals surface area contributed by atoms with Crippen LogP contribution in [0, 0.1) is 6.92 Å². The van der Waals surface area contributed by atoms with E-state index in [1.807, 2.05) is 37.3 Å². The molecular formula is C18H17ClN2O2. The zero-order valence-electron chi connectivity index (χ0n) is 12.8. The van der Waals surface area contributed by atoms with Crippen LogP contribution in [0.1, 0.15) is 17.5 Å². The van der Waals surface area contributed by atoms with Gasteiger partial charge in [0.1, 0.15) is 6.42 Å². The van der Waals surface area contributed by atoms with E-state index in [-0.39, 0.29) is 18.2 Å². The van der Waals surface area contributed by atoms with Crippen molar-refractivity contribution in [3.8, 4) is 0 Å². The van der Waals surface area contributed by atoms with Crippen LogP contribution in [-0.4, -0.2) is 18.4 Å². The molecule has 23 heavy (non-hydrogen) atoms. The average molecular weight is 329 g/mol. The van der Waals surface area contributed by atoms with Crippen molar-refractivity contribution in [2.75, 3.05) is 16.8 Å². The third-order valence-corrected chi connectivity index (χ3v) is 4.36. The van der Waals surface area contributed by atoms with Gasteiger partial charge in [0.05, 0.1) is 0 Å². The van der Waals surface area contributed by atoms with E-state index < -0.39 is 0 Å². The lowest BCUT2D eigenvalue weighted by atomic mass is 10.2. The first kappa shape index (κ1) is 15.6. The first-order valence-corrected chi connectivity index (χ1v) is 7.86. The van der Waals surface area contributed by atoms with Gasteiger partial charge >= 0.3 is 0 Å². The quantitative estimate of drug-likeness (QED) is 0.876. The highest BCUT2D eigenvalue weighted by Crippen LogP contribution is 2.28. The Balaban J connectivity index is 1.64. The minimum atomic E-state index is -0.334. The molecule has 0 bridgehead atoms. The van der Waals surface area contributed by atoms with Gasteiger partial charge in [-0.2, -0.15) is 0 Å². The number of carbonyl (C=O) groups is 2. The number of rotatable bonds is 3. The monoisotopic (exact) mass is 328 g/mol. The zero-order chi connectivity index (χ0) is 16.4. The lowest BCUT2D eigenvalue weighted by molar-refractivity contribution is -0.125. The molecule has 0 aromatic heterocycles. The Labute approximate surface area is 140 Å². The minimum Gasteiger partial charge on any atom is -0.326 e. The molecule has 0 fully saturated rings. The Morgan fingerprint density at radius 3 is 2.78 bits per heavy atom. The second kappa shape index (κ2) is 6.42. The van der Waals surface area contributed by atoms with Crippen molar-refractivity contribution in [2.45, 2.75) is 19.8 Å². The van der Waals surface area contributed by atoms with Crippen LogP contribution in [0.25, 0.3) is 0 Å². The van der Waals surface area contributed by atoms with Gasteiger partial charge < -0.3 is 10.2 Å². The Bertz CT molecular complexity index is 773. The summed E-state index contributed by atoms with van der Waals surface area (Å²) >= 11 is 6.04. The largest absolute Gasteiger partial charge is 0.326 e. The fourth-order valence-corrected chi connectivity index (χ4v) is 2.89. The highest BCUT2D eigenvalue weighted by Gasteiger charge is 2.25. The maximum atomic E-state index is 12.4. The molecule has 0 aliphatic carbocycles. The predicted octanol–water partition coefficient (Wildman–Crippen LogP) is 3.57. The van der Waals surface area contributed by atoms with Crippen molar-refractivity contribution in [1.29, 1.82) is 0 Å². The van der Waals surface area contributed by atoms with Gasteiger partial charge in [-0.3, -0.25) is 9.59 Å². The second-order valence-electron chi connectivity index (χ2n) is 5.61. The van der Waals surface area contributed by atoms with Crippen molar-refractivity contribution in [2.24, 2.45) is 0 Å². The maximum Gasteiger partial charge on any atom is 0.236 e. The summed E-state index contributed by atoms with van der Waals surface area (Å²) in [6.07, 6.45) is 0.650. The van der Waals surface area contributed by atoms with E-state index in [4.69, 9.17) is 11.6 Å². The fraction of sp³-hybridized carbons (Fsp3) is 0.222. The van der Waals surface area contributed by atoms with Crippen LogP contribution in [0.3, 0.4) is 0 Å². The topological polar surface area (TPSA) is 49.4 Å². The van der Waals surface area contributed by atoms with Crippen LogP contribution in [0.5, 0.6) is 0 Å². The summed E-state index contributed by atoms with van der Waals surface area (Å²) in [7, 11) is 0. The molecule has 0 atom stereocenters. The fourth-order valence-electron chi connectivity index (χ4n) is 2.71. The van der Waals surface area contributed by atoms with Crippen molar-refractivity contribution in [3.63, 3.8) is 0 Å². The van der Waals surface area contributed by atoms with Gasteiger partial charge in [-0.25, -0.2) is 0 Å². The molecule has 118 valence electrons. The number of para-hydroxylation sites is 1. The first-order valence-electron chi connectivity index (χ1n) is 7.49. The molecule has 1 heterocycles. The molecule has 1 aliphatic rings. The average Bonchev–Trinajstić information content (AvgIpc) is 2.95. The molecule has 4 nitrogen and oxygen atoms in total. The summed E-state index contributed by atoms with van der Waals surface area (Å²) < 4.78 is 0. The zero-order valence-corrected chi connectivity index (χ0v) is 13.6. The number of nitrogens with one attached hydrogen (secondary N) is 1. The molecule has 2 aromatic carbocycles. The number of anilines is 2. The van der Waals surface area contributed by atoms with Crippen molar-refractivity contribution < 1.29 is 9.59 Å². The molecule has 2 aromatic rings. The van der Waals surface area contributed by atoms with E-state index >= 15 is 0 Å². The summed E-state index contributed by atoms with van der Waals surface area (Å²) in [5.41, 5.74) is 3.59. The lowest BCUT2D eigenvalue weighted by Gasteiger charge is -2.17. The molecule has 5 heteroatoms. The summed E-state index contributed by atoms with van der Waals surface area (Å²) in [4.78, 5) is 26.1. The van der Waals surface area contributed by atoms with Crippen LogP contribution in [0.2, 0.25) is 5.02 Å². The maximum absolute atomic E-state index is 12.4. The summed E-state index contributed by atoms with van der Waals surface area (Å²) in [6, 6.07) is 13.1. The standard InChI is InChI=1S/C18H17ClN2O2/c1-12-6-7-14(10-15(12)19)20-17(22)11-18(23)21-9-8-13-4-2-3-5-16(13)21/h2-7,10H,8-9,11H2,1H3,(H,20,22). The number of hydrogen-bond acceptors (Lipinski definition) is 2. The van der Waals surface area contributed by atoms with Crippen LogP contribution in [-0.2, 0) is 16.0 Å². The number of nitrogens with zero attached hydrogens (tertiary/aromatic N) is 1. The van der Waals surface area contributed by atoms with Gasteiger partial charge in [0.25, 0.3) is 0 Å². The highest BCUT2D eigenvalue weighted by atomic mass is 35.5. The Morgan fingerprint density at radius 2 is 2.00 bits per heavy atom. The number of amides is 2. The molecule has 2 amide bonds. The number of hydrogen-bond donors (Lipinski definition) is 1. The second-order valence-corrected chi connectivity index (χ2v) is 6.02. The van der Waals surface area contributed by atoms with E-state index in [1.165, 1.54) is 0 Å². The highest BCUT2D eigenvalue weighted by molar-refractivity contribution is 6.31. The van der Waals surface area contributed by atoms with Gasteiger partial charge in [0, 0.05) is 22.9 Å². The SMILES string of the molecule is Cc1ccc(NC(=O)CC(=O)N2CCc3ccccc32)cc1Cl. The molecule has 0 spiro atoms. The molecule has 1 aliphatic heterocycles. The Hall–Kier alpha value is -2.33. The molecule has 1 N–H and O–H groups in total. The van der Waals surface area contributed by atoms with Crippen molar-refractivity contribution in [3.05, 3.63) is 58.6 Å². The van der Waals surface area contributed by atoms with E-state index in [1.54, 1.807) is 17.0 Å². The number of aryl methyl sites for hydroxylation is 1. The smallest absolute Gasteiger partial charge is 0.236 e. The van der Waals surface area contributed by atoms with Crippen molar-refractivity contribution >= 4 is 34.8 Å². The molecule has 0 saturated heterocycles. The van der Waals surface area contributed by atoms with E-state index in [2.05, 4.69) is 5.32 Å². The van der Waals surface area contributed by atoms with E-state index in [9.17, 15) is 9.59 Å². The third kappa shape index (κ3) is 3.37.